The van der Waals surface area contributed by atoms with Crippen LogP contribution in [0.15, 0.2) is 36.8 Å². The lowest BCUT2D eigenvalue weighted by atomic mass is 10.1. The molecule has 0 bridgehead atoms. The first kappa shape index (κ1) is 18.4. The number of aryl methyl sites for hydroxylation is 1. The van der Waals surface area contributed by atoms with E-state index < -0.39 is 34.7 Å². The molecule has 0 atom stereocenters. The molecular weight excluding hydrogens is 361 g/mol. The number of methoxy groups -OCH3 is 1. The summed E-state index contributed by atoms with van der Waals surface area (Å²) in [7, 11) is 2.78. The third-order valence-electron chi connectivity index (χ3n) is 3.84. The molecule has 3 aromatic rings. The quantitative estimate of drug-likeness (QED) is 0.696. The number of hydrogen-bond donors (Lipinski definition) is 1. The molecule has 0 saturated carbocycles. The highest BCUT2D eigenvalue weighted by atomic mass is 19.2. The molecule has 0 aliphatic heterocycles. The molecule has 6 nitrogen and oxygen atoms in total. The first-order valence-corrected chi connectivity index (χ1v) is 7.84. The number of ether oxygens (including phenoxy) is 1. The maximum Gasteiger partial charge on any atom is 0.254 e. The summed E-state index contributed by atoms with van der Waals surface area (Å²) in [5.41, 5.74) is 1.54. The van der Waals surface area contributed by atoms with Gasteiger partial charge in [0.1, 0.15) is 0 Å². The predicted octanol–water partition coefficient (Wildman–Crippen LogP) is 2.84. The summed E-state index contributed by atoms with van der Waals surface area (Å²) in [4.78, 5) is 16.4. The van der Waals surface area contributed by atoms with Gasteiger partial charge in [-0.25, -0.2) is 8.78 Å². The van der Waals surface area contributed by atoms with Gasteiger partial charge in [0.2, 0.25) is 5.82 Å². The molecule has 27 heavy (non-hydrogen) atoms. The van der Waals surface area contributed by atoms with Crippen LogP contribution in [-0.2, 0) is 13.6 Å². The second-order valence-corrected chi connectivity index (χ2v) is 5.70. The lowest BCUT2D eigenvalue weighted by Crippen LogP contribution is -2.24. The van der Waals surface area contributed by atoms with Crippen LogP contribution in [0.5, 0.6) is 5.75 Å². The molecule has 2 heterocycles. The molecule has 140 valence electrons. The predicted molar refractivity (Wildman–Crippen MR) is 90.5 cm³/mol. The van der Waals surface area contributed by atoms with E-state index >= 15 is 0 Å². The molecule has 3 rings (SSSR count). The van der Waals surface area contributed by atoms with Crippen LogP contribution in [0.1, 0.15) is 15.9 Å². The van der Waals surface area contributed by atoms with E-state index in [9.17, 15) is 18.0 Å². The SMILES string of the molecule is COc1c(F)c(F)cc(C(=O)NCc2ccc(-c3cnn(C)c3)nc2)c1F. The maximum atomic E-state index is 14.1. The van der Waals surface area contributed by atoms with Crippen molar-refractivity contribution in [3.63, 3.8) is 0 Å². The number of carbonyl (C=O) groups excluding carboxylic acids is 1. The third kappa shape index (κ3) is 3.76. The third-order valence-corrected chi connectivity index (χ3v) is 3.84. The Morgan fingerprint density at radius 3 is 2.59 bits per heavy atom. The van der Waals surface area contributed by atoms with E-state index in [0.717, 1.165) is 12.7 Å². The normalized spacial score (nSPS) is 10.7. The van der Waals surface area contributed by atoms with Crippen LogP contribution >= 0.6 is 0 Å². The largest absolute Gasteiger partial charge is 0.491 e. The van der Waals surface area contributed by atoms with Crippen LogP contribution in [0.4, 0.5) is 13.2 Å². The number of rotatable bonds is 5. The molecular formula is C18H15F3N4O2. The highest BCUT2D eigenvalue weighted by Crippen LogP contribution is 2.27. The van der Waals surface area contributed by atoms with Crippen molar-refractivity contribution < 1.29 is 22.7 Å². The molecule has 9 heteroatoms. The highest BCUT2D eigenvalue weighted by molar-refractivity contribution is 5.95. The standard InChI is InChI=1S/C18H15F3N4O2/c1-25-9-11(8-24-25)14-4-3-10(6-22-14)7-23-18(26)12-5-13(19)16(21)17(27-2)15(12)20/h3-6,8-9H,7H2,1-2H3,(H,23,26). The smallest absolute Gasteiger partial charge is 0.254 e. The van der Waals surface area contributed by atoms with Crippen LogP contribution in [0.2, 0.25) is 0 Å². The van der Waals surface area contributed by atoms with E-state index in [-0.39, 0.29) is 6.54 Å². The summed E-state index contributed by atoms with van der Waals surface area (Å²) in [6, 6.07) is 3.98. The van der Waals surface area contributed by atoms with Gasteiger partial charge in [0.15, 0.2) is 17.4 Å². The molecule has 0 spiro atoms. The Bertz CT molecular complexity index is 987. The number of amides is 1. The number of pyridine rings is 1. The van der Waals surface area contributed by atoms with Crippen molar-refractivity contribution in [1.82, 2.24) is 20.1 Å². The number of aromatic nitrogens is 3. The van der Waals surface area contributed by atoms with Crippen LogP contribution in [-0.4, -0.2) is 27.8 Å². The van der Waals surface area contributed by atoms with Gasteiger partial charge in [-0.05, 0) is 17.7 Å². The van der Waals surface area contributed by atoms with Gasteiger partial charge in [-0.3, -0.25) is 14.5 Å². The minimum Gasteiger partial charge on any atom is -0.491 e. The van der Waals surface area contributed by atoms with E-state index in [0.29, 0.717) is 17.3 Å². The summed E-state index contributed by atoms with van der Waals surface area (Å²) < 4.78 is 47.2. The lowest BCUT2D eigenvalue weighted by Gasteiger charge is -2.10. The van der Waals surface area contributed by atoms with Gasteiger partial charge in [-0.15, -0.1) is 0 Å². The van der Waals surface area contributed by atoms with Crippen LogP contribution in [0.3, 0.4) is 0 Å². The van der Waals surface area contributed by atoms with Crippen LogP contribution in [0, 0.1) is 17.5 Å². The fraction of sp³-hybridized carbons (Fsp3) is 0.167. The van der Waals surface area contributed by atoms with E-state index in [1.165, 1.54) is 0 Å². The van der Waals surface area contributed by atoms with E-state index in [4.69, 9.17) is 0 Å². The van der Waals surface area contributed by atoms with Crippen LogP contribution in [0.25, 0.3) is 11.3 Å². The molecule has 0 unspecified atom stereocenters. The van der Waals surface area contributed by atoms with Crippen molar-refractivity contribution in [3.05, 3.63) is 65.4 Å². The van der Waals surface area contributed by atoms with Gasteiger partial charge in [0.05, 0.1) is 24.6 Å². The Morgan fingerprint density at radius 1 is 1.22 bits per heavy atom. The maximum absolute atomic E-state index is 14.1. The van der Waals surface area contributed by atoms with Crippen molar-refractivity contribution in [2.75, 3.05) is 7.11 Å². The Labute approximate surface area is 152 Å². The number of hydrogen-bond acceptors (Lipinski definition) is 4. The topological polar surface area (TPSA) is 69.0 Å². The van der Waals surface area contributed by atoms with Gasteiger partial charge in [-0.2, -0.15) is 9.49 Å². The zero-order valence-corrected chi connectivity index (χ0v) is 14.5. The monoisotopic (exact) mass is 376 g/mol. The minimum atomic E-state index is -1.48. The number of halogens is 3. The molecule has 0 aliphatic rings. The zero-order chi connectivity index (χ0) is 19.6. The Kier molecular flexibility index (Phi) is 5.11. The molecule has 0 aliphatic carbocycles. The molecule has 0 radical (unpaired) electrons. The molecule has 0 saturated heterocycles. The summed E-state index contributed by atoms with van der Waals surface area (Å²) in [5.74, 6) is -5.97. The van der Waals surface area contributed by atoms with Gasteiger partial charge in [-0.1, -0.05) is 6.07 Å². The number of benzene rings is 1. The first-order valence-electron chi connectivity index (χ1n) is 7.84. The van der Waals surface area contributed by atoms with E-state index in [1.54, 1.807) is 36.3 Å². The van der Waals surface area contributed by atoms with Crippen molar-refractivity contribution in [2.24, 2.45) is 7.05 Å². The second kappa shape index (κ2) is 7.48. The molecule has 0 fully saturated rings. The zero-order valence-electron chi connectivity index (χ0n) is 14.5. The minimum absolute atomic E-state index is 0.0277. The van der Waals surface area contributed by atoms with Crippen LogP contribution < -0.4 is 10.1 Å². The van der Waals surface area contributed by atoms with Crippen molar-refractivity contribution in [1.29, 1.82) is 0 Å². The average molecular weight is 376 g/mol. The molecule has 1 N–H and O–H groups in total. The van der Waals surface area contributed by atoms with E-state index in [1.807, 2.05) is 6.20 Å². The number of nitrogens with zero attached hydrogens (tertiary/aromatic N) is 3. The summed E-state index contributed by atoms with van der Waals surface area (Å²) in [5, 5.41) is 6.50. The first-order chi connectivity index (χ1) is 12.9. The summed E-state index contributed by atoms with van der Waals surface area (Å²) in [6.07, 6.45) is 5.02. The van der Waals surface area contributed by atoms with Gasteiger partial charge < -0.3 is 10.1 Å². The summed E-state index contributed by atoms with van der Waals surface area (Å²) >= 11 is 0. The van der Waals surface area contributed by atoms with Crippen molar-refractivity contribution in [2.45, 2.75) is 6.54 Å². The van der Waals surface area contributed by atoms with Crippen molar-refractivity contribution in [3.8, 4) is 17.0 Å². The molecule has 1 aromatic carbocycles. The number of carbonyl (C=O) groups is 1. The average Bonchev–Trinajstić information content (AvgIpc) is 3.10. The Morgan fingerprint density at radius 2 is 2.00 bits per heavy atom. The van der Waals surface area contributed by atoms with E-state index in [2.05, 4.69) is 20.1 Å². The fourth-order valence-electron chi connectivity index (χ4n) is 2.46. The fourth-order valence-corrected chi connectivity index (χ4v) is 2.46. The number of nitrogens with one attached hydrogen (secondary N) is 1. The summed E-state index contributed by atoms with van der Waals surface area (Å²) in [6.45, 7) is 0.0277. The highest BCUT2D eigenvalue weighted by Gasteiger charge is 2.23. The molecule has 1 amide bonds. The molecule has 2 aromatic heterocycles. The Hall–Kier alpha value is -3.36. The lowest BCUT2D eigenvalue weighted by molar-refractivity contribution is 0.0945. The van der Waals surface area contributed by atoms with Gasteiger partial charge >= 0.3 is 0 Å². The second-order valence-electron chi connectivity index (χ2n) is 5.70. The van der Waals surface area contributed by atoms with Gasteiger partial charge in [0.25, 0.3) is 5.91 Å². The Balaban J connectivity index is 1.72. The van der Waals surface area contributed by atoms with Crippen molar-refractivity contribution >= 4 is 5.91 Å². The van der Waals surface area contributed by atoms with Gasteiger partial charge in [0, 0.05) is 31.5 Å².